The molecule has 0 aromatic carbocycles. The molecule has 1 N–H and O–H groups in total. The molecule has 1 saturated heterocycles. The van der Waals surface area contributed by atoms with Gasteiger partial charge in [-0.25, -0.2) is 0 Å². The molecule has 6 heteroatoms. The van der Waals surface area contributed by atoms with Crippen LogP contribution in [0.2, 0.25) is 0 Å². The molecule has 21 heavy (non-hydrogen) atoms. The molecular weight excluding hydrogens is 284 g/mol. The average Bonchev–Trinajstić information content (AvgIpc) is 3.05. The lowest BCUT2D eigenvalue weighted by Gasteiger charge is -2.21. The molecule has 0 atom stereocenters. The number of likely N-dealkylation sites (N-methyl/N-ethyl adjacent to an activating group) is 1. The number of carbonyl (C=O) groups is 1. The molecule has 1 aromatic rings. The van der Waals surface area contributed by atoms with Crippen LogP contribution in [-0.4, -0.2) is 48.9 Å². The Bertz CT molecular complexity index is 583. The molecule has 0 aliphatic carbocycles. The third kappa shape index (κ3) is 3.10. The van der Waals surface area contributed by atoms with Crippen molar-refractivity contribution in [1.29, 1.82) is 5.26 Å². The van der Waals surface area contributed by atoms with Crippen molar-refractivity contribution in [3.63, 3.8) is 0 Å². The van der Waals surface area contributed by atoms with Crippen LogP contribution >= 0.6 is 11.3 Å². The van der Waals surface area contributed by atoms with E-state index in [1.165, 1.54) is 17.7 Å². The number of nitrogens with one attached hydrogen (secondary N) is 1. The topological polar surface area (TPSA) is 59.4 Å². The second-order valence-corrected chi connectivity index (χ2v) is 6.94. The van der Waals surface area contributed by atoms with Crippen LogP contribution in [0.3, 0.4) is 0 Å². The van der Waals surface area contributed by atoms with Crippen molar-refractivity contribution in [2.45, 2.75) is 25.8 Å². The van der Waals surface area contributed by atoms with Gasteiger partial charge in [0, 0.05) is 18.0 Å². The number of carbonyl (C=O) groups excluding carboxylic acids is 1. The lowest BCUT2D eigenvalue weighted by atomic mass is 10.0. The minimum Gasteiger partial charge on any atom is -0.315 e. The van der Waals surface area contributed by atoms with Gasteiger partial charge in [-0.05, 0) is 45.0 Å². The quantitative estimate of drug-likeness (QED) is 0.922. The van der Waals surface area contributed by atoms with E-state index >= 15 is 0 Å². The monoisotopic (exact) mass is 304 g/mol. The summed E-state index contributed by atoms with van der Waals surface area (Å²) in [5.74, 6) is 0.000325. The number of amides is 1. The van der Waals surface area contributed by atoms with Crippen molar-refractivity contribution >= 4 is 22.2 Å². The molecule has 2 aliphatic rings. The summed E-state index contributed by atoms with van der Waals surface area (Å²) in [7, 11) is 2.08. The number of hydrogen-bond donors (Lipinski definition) is 1. The van der Waals surface area contributed by atoms with Crippen molar-refractivity contribution in [3.05, 3.63) is 16.0 Å². The number of anilines is 1. The number of thiophene rings is 1. The van der Waals surface area contributed by atoms with E-state index in [1.807, 2.05) is 0 Å². The van der Waals surface area contributed by atoms with Crippen molar-refractivity contribution < 1.29 is 4.79 Å². The highest BCUT2D eigenvalue weighted by atomic mass is 32.1. The first-order valence-electron chi connectivity index (χ1n) is 7.42. The minimum absolute atomic E-state index is 0.000325. The van der Waals surface area contributed by atoms with Crippen LogP contribution in [0.25, 0.3) is 0 Å². The number of nitrogens with zero attached hydrogens (tertiary/aromatic N) is 3. The fourth-order valence-corrected chi connectivity index (χ4v) is 4.34. The number of hydrogen-bond acceptors (Lipinski definition) is 5. The first kappa shape index (κ1) is 14.5. The van der Waals surface area contributed by atoms with Gasteiger partial charge in [-0.2, -0.15) is 5.26 Å². The van der Waals surface area contributed by atoms with Crippen LogP contribution in [0.4, 0.5) is 5.00 Å². The maximum Gasteiger partial charge on any atom is 0.239 e. The lowest BCUT2D eigenvalue weighted by Crippen LogP contribution is -2.30. The van der Waals surface area contributed by atoms with E-state index in [0.29, 0.717) is 12.1 Å². The van der Waals surface area contributed by atoms with E-state index in [2.05, 4.69) is 28.2 Å². The zero-order valence-electron chi connectivity index (χ0n) is 12.3. The van der Waals surface area contributed by atoms with Crippen LogP contribution in [-0.2, 0) is 17.8 Å². The van der Waals surface area contributed by atoms with Gasteiger partial charge in [-0.1, -0.05) is 0 Å². The molecule has 3 rings (SSSR count). The van der Waals surface area contributed by atoms with E-state index in [-0.39, 0.29) is 5.91 Å². The van der Waals surface area contributed by atoms with Gasteiger partial charge in [0.2, 0.25) is 5.91 Å². The molecule has 1 amide bonds. The summed E-state index contributed by atoms with van der Waals surface area (Å²) in [4.78, 5) is 17.8. The summed E-state index contributed by atoms with van der Waals surface area (Å²) in [6, 6.07) is 2.28. The van der Waals surface area contributed by atoms with Crippen LogP contribution in [0.15, 0.2) is 0 Å². The molecule has 112 valence electrons. The highest BCUT2D eigenvalue weighted by Crippen LogP contribution is 2.36. The molecule has 1 fully saturated rings. The van der Waals surface area contributed by atoms with Gasteiger partial charge in [0.25, 0.3) is 0 Å². The van der Waals surface area contributed by atoms with Crippen molar-refractivity contribution in [1.82, 2.24) is 9.80 Å². The summed E-state index contributed by atoms with van der Waals surface area (Å²) >= 11 is 1.56. The molecule has 2 aliphatic heterocycles. The number of fused-ring (bicyclic) bond motifs is 1. The standard InChI is InChI=1S/C15H20N4OS/c1-18-7-4-11-12(8-16)15(21-13(11)9-18)17-14(20)10-19-5-2-3-6-19/h2-7,9-10H2,1H3,(H,17,20). The maximum atomic E-state index is 12.1. The van der Waals surface area contributed by atoms with Gasteiger partial charge in [0.05, 0.1) is 12.1 Å². The van der Waals surface area contributed by atoms with Crippen LogP contribution in [0.5, 0.6) is 0 Å². The van der Waals surface area contributed by atoms with E-state index in [0.717, 1.165) is 43.2 Å². The van der Waals surface area contributed by atoms with E-state index in [1.54, 1.807) is 11.3 Å². The summed E-state index contributed by atoms with van der Waals surface area (Å²) in [6.07, 6.45) is 3.25. The van der Waals surface area contributed by atoms with Gasteiger partial charge >= 0.3 is 0 Å². The number of nitriles is 1. The Morgan fingerprint density at radius 1 is 1.38 bits per heavy atom. The summed E-state index contributed by atoms with van der Waals surface area (Å²) < 4.78 is 0. The molecule has 0 unspecified atom stereocenters. The Labute approximate surface area is 129 Å². The predicted octanol–water partition coefficient (Wildman–Crippen LogP) is 1.64. The molecule has 3 heterocycles. The van der Waals surface area contributed by atoms with E-state index in [9.17, 15) is 10.1 Å². The van der Waals surface area contributed by atoms with Crippen LogP contribution < -0.4 is 5.32 Å². The second kappa shape index (κ2) is 6.14. The third-order valence-corrected chi connectivity index (χ3v) is 5.31. The average molecular weight is 304 g/mol. The van der Waals surface area contributed by atoms with Crippen LogP contribution in [0, 0.1) is 11.3 Å². The van der Waals surface area contributed by atoms with Crippen LogP contribution in [0.1, 0.15) is 28.8 Å². The van der Waals surface area contributed by atoms with E-state index < -0.39 is 0 Å². The van der Waals surface area contributed by atoms with Gasteiger partial charge in [-0.15, -0.1) is 11.3 Å². The Morgan fingerprint density at radius 3 is 2.86 bits per heavy atom. The Morgan fingerprint density at radius 2 is 2.14 bits per heavy atom. The third-order valence-electron chi connectivity index (χ3n) is 4.18. The zero-order valence-corrected chi connectivity index (χ0v) is 13.1. The Balaban J connectivity index is 1.73. The van der Waals surface area contributed by atoms with Crippen molar-refractivity contribution in [3.8, 4) is 6.07 Å². The lowest BCUT2D eigenvalue weighted by molar-refractivity contribution is -0.117. The summed E-state index contributed by atoms with van der Waals surface area (Å²) in [5, 5.41) is 13.1. The Kier molecular flexibility index (Phi) is 4.24. The maximum absolute atomic E-state index is 12.1. The largest absolute Gasteiger partial charge is 0.315 e. The normalized spacial score (nSPS) is 19.2. The molecule has 5 nitrogen and oxygen atoms in total. The summed E-state index contributed by atoms with van der Waals surface area (Å²) in [5.41, 5.74) is 1.81. The smallest absolute Gasteiger partial charge is 0.239 e. The predicted molar refractivity (Wildman–Crippen MR) is 83.4 cm³/mol. The van der Waals surface area contributed by atoms with Gasteiger partial charge in [0.1, 0.15) is 11.1 Å². The highest BCUT2D eigenvalue weighted by molar-refractivity contribution is 7.16. The fourth-order valence-electron chi connectivity index (χ4n) is 3.05. The van der Waals surface area contributed by atoms with Gasteiger partial charge in [-0.3, -0.25) is 9.69 Å². The highest BCUT2D eigenvalue weighted by Gasteiger charge is 2.24. The minimum atomic E-state index is 0.000325. The SMILES string of the molecule is CN1CCc2c(sc(NC(=O)CN3CCCC3)c2C#N)C1. The molecule has 0 saturated carbocycles. The number of rotatable bonds is 3. The molecule has 1 aromatic heterocycles. The second-order valence-electron chi connectivity index (χ2n) is 5.84. The molecule has 0 bridgehead atoms. The van der Waals surface area contributed by atoms with E-state index in [4.69, 9.17) is 0 Å². The van der Waals surface area contributed by atoms with Gasteiger partial charge < -0.3 is 10.2 Å². The first-order chi connectivity index (χ1) is 10.2. The van der Waals surface area contributed by atoms with Crippen molar-refractivity contribution in [2.24, 2.45) is 0 Å². The molecule has 0 spiro atoms. The first-order valence-corrected chi connectivity index (χ1v) is 8.24. The fraction of sp³-hybridized carbons (Fsp3) is 0.600. The van der Waals surface area contributed by atoms with Crippen molar-refractivity contribution in [2.75, 3.05) is 38.5 Å². The van der Waals surface area contributed by atoms with Gasteiger partial charge in [0.15, 0.2) is 0 Å². The molecular formula is C15H20N4OS. The summed E-state index contributed by atoms with van der Waals surface area (Å²) in [6.45, 7) is 4.29. The Hall–Kier alpha value is -1.42. The zero-order chi connectivity index (χ0) is 14.8. The number of likely N-dealkylation sites (tertiary alicyclic amines) is 1. The molecule has 0 radical (unpaired) electrons.